The highest BCUT2D eigenvalue weighted by molar-refractivity contribution is 7.89. The SMILES string of the molecule is Cc1c(F)c(F)c(F)c(F)c1S(=O)(=O)N1CC(C(=O)COc2ccc(Cl)cc2Cl)C1. The van der Waals surface area contributed by atoms with Gasteiger partial charge in [-0.1, -0.05) is 23.2 Å². The molecular weight excluding hydrogens is 473 g/mol. The van der Waals surface area contributed by atoms with Crippen LogP contribution in [-0.4, -0.2) is 38.2 Å². The maximum atomic E-state index is 14.1. The van der Waals surface area contributed by atoms with Crippen molar-refractivity contribution in [1.29, 1.82) is 0 Å². The van der Waals surface area contributed by atoms with Crippen molar-refractivity contribution in [1.82, 2.24) is 4.31 Å². The zero-order chi connectivity index (χ0) is 22.4. The minimum atomic E-state index is -4.69. The molecule has 0 N–H and O–H groups in total. The number of ether oxygens (including phenoxy) is 1. The van der Waals surface area contributed by atoms with Crippen molar-refractivity contribution < 1.29 is 35.5 Å². The van der Waals surface area contributed by atoms with Crippen molar-refractivity contribution >= 4 is 39.0 Å². The third-order valence-corrected chi connectivity index (χ3v) is 7.12. The number of sulfonamides is 1. The lowest BCUT2D eigenvalue weighted by atomic mass is 9.98. The highest BCUT2D eigenvalue weighted by Crippen LogP contribution is 2.33. The average Bonchev–Trinajstić information content (AvgIpc) is 2.62. The zero-order valence-electron chi connectivity index (χ0n) is 15.2. The summed E-state index contributed by atoms with van der Waals surface area (Å²) in [6.45, 7) is -0.288. The average molecular weight is 486 g/mol. The smallest absolute Gasteiger partial charge is 0.246 e. The Morgan fingerprint density at radius 2 is 1.70 bits per heavy atom. The van der Waals surface area contributed by atoms with Crippen LogP contribution in [0.2, 0.25) is 10.0 Å². The molecule has 1 saturated heterocycles. The first kappa shape index (κ1) is 22.8. The molecule has 0 aliphatic carbocycles. The third kappa shape index (κ3) is 4.01. The van der Waals surface area contributed by atoms with Gasteiger partial charge in [-0.05, 0) is 25.1 Å². The number of carbonyl (C=O) groups excluding carboxylic acids is 1. The molecule has 0 bridgehead atoms. The second-order valence-electron chi connectivity index (χ2n) is 6.56. The fourth-order valence-electron chi connectivity index (χ4n) is 2.85. The van der Waals surface area contributed by atoms with Gasteiger partial charge in [-0.2, -0.15) is 4.31 Å². The fourth-order valence-corrected chi connectivity index (χ4v) is 5.12. The molecule has 2 aromatic carbocycles. The molecule has 30 heavy (non-hydrogen) atoms. The number of hydrogen-bond acceptors (Lipinski definition) is 4. The molecule has 12 heteroatoms. The van der Waals surface area contributed by atoms with Gasteiger partial charge in [0.15, 0.2) is 29.1 Å². The van der Waals surface area contributed by atoms with Crippen LogP contribution in [0.3, 0.4) is 0 Å². The van der Waals surface area contributed by atoms with Gasteiger partial charge in [-0.25, -0.2) is 26.0 Å². The molecule has 0 radical (unpaired) electrons. The second-order valence-corrected chi connectivity index (χ2v) is 9.28. The normalized spacial score (nSPS) is 15.2. The third-order valence-electron chi connectivity index (χ3n) is 4.61. The highest BCUT2D eigenvalue weighted by atomic mass is 35.5. The van der Waals surface area contributed by atoms with Crippen molar-refractivity contribution in [3.8, 4) is 5.75 Å². The summed E-state index contributed by atoms with van der Waals surface area (Å²) in [5.41, 5.74) is -0.887. The van der Waals surface area contributed by atoms with Crippen molar-refractivity contribution in [3.63, 3.8) is 0 Å². The Labute approximate surface area is 179 Å². The Morgan fingerprint density at radius 3 is 2.30 bits per heavy atom. The molecule has 1 heterocycles. The number of ketones is 1. The van der Waals surface area contributed by atoms with Crippen molar-refractivity contribution in [2.75, 3.05) is 19.7 Å². The first-order chi connectivity index (χ1) is 13.9. The van der Waals surface area contributed by atoms with Gasteiger partial charge < -0.3 is 4.74 Å². The Balaban J connectivity index is 1.69. The lowest BCUT2D eigenvalue weighted by Gasteiger charge is -2.37. The summed E-state index contributed by atoms with van der Waals surface area (Å²) >= 11 is 11.7. The van der Waals surface area contributed by atoms with Gasteiger partial charge in [0.25, 0.3) is 0 Å². The Morgan fingerprint density at radius 1 is 1.10 bits per heavy atom. The first-order valence-electron chi connectivity index (χ1n) is 8.38. The molecule has 2 aromatic rings. The largest absolute Gasteiger partial charge is 0.484 e. The highest BCUT2D eigenvalue weighted by Gasteiger charge is 2.43. The molecule has 0 unspecified atom stereocenters. The second kappa shape index (κ2) is 8.33. The molecule has 0 aromatic heterocycles. The van der Waals surface area contributed by atoms with E-state index in [1.54, 1.807) is 0 Å². The van der Waals surface area contributed by atoms with Crippen LogP contribution in [0.5, 0.6) is 5.75 Å². The van der Waals surface area contributed by atoms with E-state index in [2.05, 4.69) is 0 Å². The van der Waals surface area contributed by atoms with Crippen LogP contribution >= 0.6 is 23.2 Å². The van der Waals surface area contributed by atoms with Crippen LogP contribution < -0.4 is 4.74 Å². The summed E-state index contributed by atoms with van der Waals surface area (Å²) in [5.74, 6) is -9.16. The van der Waals surface area contributed by atoms with E-state index in [9.17, 15) is 30.8 Å². The van der Waals surface area contributed by atoms with Crippen molar-refractivity contribution in [2.24, 2.45) is 5.92 Å². The number of nitrogens with zero attached hydrogens (tertiary/aromatic N) is 1. The van der Waals surface area contributed by atoms with Crippen LogP contribution in [-0.2, 0) is 14.8 Å². The maximum absolute atomic E-state index is 14.1. The van der Waals surface area contributed by atoms with E-state index < -0.39 is 62.1 Å². The number of hydrogen-bond donors (Lipinski definition) is 0. The van der Waals surface area contributed by atoms with E-state index in [0.29, 0.717) is 9.33 Å². The van der Waals surface area contributed by atoms with E-state index in [1.165, 1.54) is 18.2 Å². The minimum Gasteiger partial charge on any atom is -0.484 e. The minimum absolute atomic E-state index is 0.180. The maximum Gasteiger partial charge on any atom is 0.246 e. The Kier molecular flexibility index (Phi) is 6.33. The molecule has 162 valence electrons. The summed E-state index contributed by atoms with van der Waals surface area (Å²) in [7, 11) is -4.69. The predicted octanol–water partition coefficient (Wildman–Crippen LogP) is 4.13. The first-order valence-corrected chi connectivity index (χ1v) is 10.6. The van der Waals surface area contributed by atoms with Crippen molar-refractivity contribution in [3.05, 3.63) is 57.1 Å². The van der Waals surface area contributed by atoms with Crippen molar-refractivity contribution in [2.45, 2.75) is 11.8 Å². The van der Waals surface area contributed by atoms with Crippen LogP contribution in [0, 0.1) is 36.1 Å². The molecule has 0 amide bonds. The topological polar surface area (TPSA) is 63.7 Å². The van der Waals surface area contributed by atoms with Gasteiger partial charge in [-0.3, -0.25) is 4.79 Å². The van der Waals surface area contributed by atoms with E-state index in [4.69, 9.17) is 27.9 Å². The molecule has 1 aliphatic rings. The monoisotopic (exact) mass is 485 g/mol. The lowest BCUT2D eigenvalue weighted by Crippen LogP contribution is -2.54. The molecule has 0 saturated carbocycles. The lowest BCUT2D eigenvalue weighted by molar-refractivity contribution is -0.128. The van der Waals surface area contributed by atoms with Crippen LogP contribution in [0.1, 0.15) is 5.56 Å². The summed E-state index contributed by atoms with van der Waals surface area (Å²) in [6, 6.07) is 4.37. The Hall–Kier alpha value is -1.88. The summed E-state index contributed by atoms with van der Waals surface area (Å²) in [4.78, 5) is 10.9. The molecule has 0 atom stereocenters. The van der Waals surface area contributed by atoms with Gasteiger partial charge in [-0.15, -0.1) is 0 Å². The quantitative estimate of drug-likeness (QED) is 0.350. The predicted molar refractivity (Wildman–Crippen MR) is 100 cm³/mol. The van der Waals surface area contributed by atoms with Gasteiger partial charge in [0.05, 0.1) is 5.02 Å². The molecule has 1 aliphatic heterocycles. The standard InChI is InChI=1S/C18H13Cl2F4NO4S/c1-8-14(21)15(22)16(23)17(24)18(8)30(27,28)25-5-9(6-25)12(26)7-29-13-3-2-10(19)4-11(13)20/h2-4,9H,5-7H2,1H3. The summed E-state index contributed by atoms with van der Waals surface area (Å²) in [5, 5.41) is 0.550. The number of rotatable bonds is 6. The van der Waals surface area contributed by atoms with E-state index >= 15 is 0 Å². The van der Waals surface area contributed by atoms with Gasteiger partial charge in [0.1, 0.15) is 17.3 Å². The summed E-state index contributed by atoms with van der Waals surface area (Å²) in [6.07, 6.45) is 0. The molecule has 5 nitrogen and oxygen atoms in total. The number of carbonyl (C=O) groups is 1. The van der Waals surface area contributed by atoms with Gasteiger partial charge in [0.2, 0.25) is 10.0 Å². The van der Waals surface area contributed by atoms with Crippen LogP contribution in [0.4, 0.5) is 17.6 Å². The van der Waals surface area contributed by atoms with E-state index in [0.717, 1.165) is 6.92 Å². The molecule has 0 spiro atoms. The van der Waals surface area contributed by atoms with Gasteiger partial charge in [0, 0.05) is 29.6 Å². The van der Waals surface area contributed by atoms with E-state index in [-0.39, 0.29) is 23.9 Å². The van der Waals surface area contributed by atoms with Crippen LogP contribution in [0.15, 0.2) is 23.1 Å². The Bertz CT molecular complexity index is 1110. The van der Waals surface area contributed by atoms with Crippen LogP contribution in [0.25, 0.3) is 0 Å². The van der Waals surface area contributed by atoms with E-state index in [1.807, 2.05) is 0 Å². The number of halogens is 6. The van der Waals surface area contributed by atoms with Gasteiger partial charge >= 0.3 is 0 Å². The molecule has 3 rings (SSSR count). The fraction of sp³-hybridized carbons (Fsp3) is 0.278. The molecular formula is C18H13Cl2F4NO4S. The number of Topliss-reactive ketones (excluding diaryl/α,β-unsaturated/α-hetero) is 1. The zero-order valence-corrected chi connectivity index (χ0v) is 17.5. The summed E-state index contributed by atoms with van der Waals surface area (Å²) < 4.78 is 85.6. The molecule has 1 fully saturated rings. The number of benzene rings is 2.